The van der Waals surface area contributed by atoms with Crippen LogP contribution in [0, 0.1) is 0 Å². The highest BCUT2D eigenvalue weighted by atomic mass is 16.5. The van der Waals surface area contributed by atoms with E-state index < -0.39 is 0 Å². The summed E-state index contributed by atoms with van der Waals surface area (Å²) in [5.74, 6) is 1.79. The van der Waals surface area contributed by atoms with E-state index in [-0.39, 0.29) is 0 Å². The maximum atomic E-state index is 5.62. The maximum Gasteiger partial charge on any atom is 0.164 e. The third-order valence-electron chi connectivity index (χ3n) is 3.20. The predicted molar refractivity (Wildman–Crippen MR) is 64.3 cm³/mol. The summed E-state index contributed by atoms with van der Waals surface area (Å²) in [6.45, 7) is 0.637. The molecule has 0 saturated carbocycles. The molecule has 0 aromatic heterocycles. The van der Waals surface area contributed by atoms with E-state index in [1.807, 2.05) is 0 Å². The highest BCUT2D eigenvalue weighted by molar-refractivity contribution is 5.57. The Balaban J connectivity index is 2.54. The Morgan fingerprint density at radius 2 is 1.94 bits per heavy atom. The molecule has 0 fully saturated rings. The fourth-order valence-electron chi connectivity index (χ4n) is 2.53. The lowest BCUT2D eigenvalue weighted by atomic mass is 10.0. The summed E-state index contributed by atoms with van der Waals surface area (Å²) in [5.41, 5.74) is 9.52. The molecular formula is C13H19NO2. The van der Waals surface area contributed by atoms with Gasteiger partial charge in [0.1, 0.15) is 0 Å². The summed E-state index contributed by atoms with van der Waals surface area (Å²) in [6, 6.07) is 2.23. The summed E-state index contributed by atoms with van der Waals surface area (Å²) >= 11 is 0. The van der Waals surface area contributed by atoms with E-state index in [1.165, 1.54) is 23.1 Å². The Morgan fingerprint density at radius 3 is 2.56 bits per heavy atom. The molecule has 3 heteroatoms. The lowest BCUT2D eigenvalue weighted by Gasteiger charge is -2.16. The van der Waals surface area contributed by atoms with E-state index in [0.717, 1.165) is 30.8 Å². The van der Waals surface area contributed by atoms with Crippen LogP contribution in [0.4, 0.5) is 0 Å². The van der Waals surface area contributed by atoms with Gasteiger partial charge in [-0.1, -0.05) is 6.07 Å². The zero-order valence-electron chi connectivity index (χ0n) is 10.0. The van der Waals surface area contributed by atoms with Crippen molar-refractivity contribution in [1.29, 1.82) is 0 Å². The van der Waals surface area contributed by atoms with Gasteiger partial charge in [0.05, 0.1) is 14.2 Å². The zero-order chi connectivity index (χ0) is 11.5. The normalized spacial score (nSPS) is 13.7. The maximum absolute atomic E-state index is 5.62. The van der Waals surface area contributed by atoms with Crippen LogP contribution in [0.1, 0.15) is 23.1 Å². The van der Waals surface area contributed by atoms with Gasteiger partial charge >= 0.3 is 0 Å². The van der Waals surface area contributed by atoms with Crippen molar-refractivity contribution >= 4 is 0 Å². The molecule has 2 N–H and O–H groups in total. The molecule has 0 bridgehead atoms. The number of benzene rings is 1. The minimum Gasteiger partial charge on any atom is -0.493 e. The second-order valence-electron chi connectivity index (χ2n) is 4.13. The van der Waals surface area contributed by atoms with Crippen molar-refractivity contribution in [3.8, 4) is 11.5 Å². The second kappa shape index (κ2) is 4.74. The number of nitrogens with two attached hydrogens (primary N) is 1. The summed E-state index contributed by atoms with van der Waals surface area (Å²) in [4.78, 5) is 0. The van der Waals surface area contributed by atoms with Gasteiger partial charge in [0, 0.05) is 5.56 Å². The smallest absolute Gasteiger partial charge is 0.164 e. The molecular weight excluding hydrogens is 202 g/mol. The van der Waals surface area contributed by atoms with Gasteiger partial charge in [-0.25, -0.2) is 0 Å². The van der Waals surface area contributed by atoms with E-state index in [9.17, 15) is 0 Å². The largest absolute Gasteiger partial charge is 0.493 e. The molecule has 2 rings (SSSR count). The third kappa shape index (κ3) is 1.76. The monoisotopic (exact) mass is 221 g/mol. The molecule has 1 aliphatic rings. The Morgan fingerprint density at radius 1 is 1.19 bits per heavy atom. The average molecular weight is 221 g/mol. The van der Waals surface area contributed by atoms with Crippen LogP contribution >= 0.6 is 0 Å². The van der Waals surface area contributed by atoms with Crippen LogP contribution < -0.4 is 15.2 Å². The van der Waals surface area contributed by atoms with E-state index in [1.54, 1.807) is 14.2 Å². The summed E-state index contributed by atoms with van der Waals surface area (Å²) < 4.78 is 11.0. The highest BCUT2D eigenvalue weighted by Crippen LogP contribution is 2.41. The van der Waals surface area contributed by atoms with Crippen molar-refractivity contribution in [3.05, 3.63) is 22.8 Å². The fourth-order valence-corrected chi connectivity index (χ4v) is 2.53. The third-order valence-corrected chi connectivity index (χ3v) is 3.20. The lowest BCUT2D eigenvalue weighted by Crippen LogP contribution is -2.07. The molecule has 0 unspecified atom stereocenters. The topological polar surface area (TPSA) is 44.5 Å². The summed E-state index contributed by atoms with van der Waals surface area (Å²) in [5, 5.41) is 0. The van der Waals surface area contributed by atoms with E-state index >= 15 is 0 Å². The number of methoxy groups -OCH3 is 2. The van der Waals surface area contributed by atoms with E-state index in [2.05, 4.69) is 6.07 Å². The van der Waals surface area contributed by atoms with Crippen molar-refractivity contribution in [2.75, 3.05) is 20.8 Å². The Labute approximate surface area is 96.5 Å². The number of hydrogen-bond donors (Lipinski definition) is 1. The number of ether oxygens (including phenoxy) is 2. The zero-order valence-corrected chi connectivity index (χ0v) is 10.0. The van der Waals surface area contributed by atoms with Crippen molar-refractivity contribution < 1.29 is 9.47 Å². The lowest BCUT2D eigenvalue weighted by molar-refractivity contribution is 0.349. The molecule has 0 aliphatic heterocycles. The first-order valence-corrected chi connectivity index (χ1v) is 5.77. The molecule has 1 aromatic carbocycles. The Kier molecular flexibility index (Phi) is 3.34. The standard InChI is InChI=1S/C13H19NO2/c1-15-12-10(6-7-14)8-9-4-3-5-11(9)13(12)16-2/h8H,3-7,14H2,1-2H3. The van der Waals surface area contributed by atoms with Crippen molar-refractivity contribution in [2.24, 2.45) is 5.73 Å². The van der Waals surface area contributed by atoms with Crippen molar-refractivity contribution in [3.63, 3.8) is 0 Å². The number of aryl methyl sites for hydroxylation is 1. The number of rotatable bonds is 4. The Bertz CT molecular complexity index is 388. The van der Waals surface area contributed by atoms with Gasteiger partial charge in [-0.15, -0.1) is 0 Å². The van der Waals surface area contributed by atoms with Gasteiger partial charge in [-0.3, -0.25) is 0 Å². The summed E-state index contributed by atoms with van der Waals surface area (Å²) in [6.07, 6.45) is 4.29. The predicted octanol–water partition coefficient (Wildman–Crippen LogP) is 1.69. The quantitative estimate of drug-likeness (QED) is 0.841. The van der Waals surface area contributed by atoms with Crippen LogP contribution in [-0.4, -0.2) is 20.8 Å². The van der Waals surface area contributed by atoms with Gasteiger partial charge in [0.2, 0.25) is 0 Å². The molecule has 1 aromatic rings. The van der Waals surface area contributed by atoms with Crippen molar-refractivity contribution in [2.45, 2.75) is 25.7 Å². The van der Waals surface area contributed by atoms with Crippen LogP contribution in [0.25, 0.3) is 0 Å². The van der Waals surface area contributed by atoms with Gasteiger partial charge in [0.25, 0.3) is 0 Å². The molecule has 0 amide bonds. The van der Waals surface area contributed by atoms with Gasteiger partial charge < -0.3 is 15.2 Å². The molecule has 0 spiro atoms. The van der Waals surface area contributed by atoms with Gasteiger partial charge in [-0.2, -0.15) is 0 Å². The number of fused-ring (bicyclic) bond motifs is 1. The molecule has 16 heavy (non-hydrogen) atoms. The first-order chi connectivity index (χ1) is 7.81. The highest BCUT2D eigenvalue weighted by Gasteiger charge is 2.22. The summed E-state index contributed by atoms with van der Waals surface area (Å²) in [7, 11) is 3.40. The SMILES string of the molecule is COc1c(CCN)cc2c(c1OC)CCC2. The first-order valence-electron chi connectivity index (χ1n) is 5.77. The molecule has 0 heterocycles. The minimum atomic E-state index is 0.637. The molecule has 0 radical (unpaired) electrons. The molecule has 1 aliphatic carbocycles. The van der Waals surface area contributed by atoms with E-state index in [0.29, 0.717) is 6.54 Å². The fraction of sp³-hybridized carbons (Fsp3) is 0.538. The number of hydrogen-bond acceptors (Lipinski definition) is 3. The Hall–Kier alpha value is -1.22. The minimum absolute atomic E-state index is 0.637. The second-order valence-corrected chi connectivity index (χ2v) is 4.13. The molecule has 0 saturated heterocycles. The molecule has 3 nitrogen and oxygen atoms in total. The first kappa shape index (κ1) is 11.3. The van der Waals surface area contributed by atoms with Crippen molar-refractivity contribution in [1.82, 2.24) is 0 Å². The van der Waals surface area contributed by atoms with Crippen LogP contribution in [0.2, 0.25) is 0 Å². The molecule has 88 valence electrons. The van der Waals surface area contributed by atoms with Crippen LogP contribution in [0.5, 0.6) is 11.5 Å². The van der Waals surface area contributed by atoms with Crippen LogP contribution in [0.3, 0.4) is 0 Å². The van der Waals surface area contributed by atoms with Crippen LogP contribution in [0.15, 0.2) is 6.07 Å². The van der Waals surface area contributed by atoms with Gasteiger partial charge in [-0.05, 0) is 43.4 Å². The average Bonchev–Trinajstić information content (AvgIpc) is 2.75. The van der Waals surface area contributed by atoms with Crippen LogP contribution in [-0.2, 0) is 19.3 Å². The van der Waals surface area contributed by atoms with E-state index in [4.69, 9.17) is 15.2 Å². The molecule has 0 atom stereocenters. The van der Waals surface area contributed by atoms with Gasteiger partial charge in [0.15, 0.2) is 11.5 Å².